The Bertz CT molecular complexity index is 239. The maximum atomic E-state index is 11.8. The van der Waals surface area contributed by atoms with E-state index in [0.717, 1.165) is 19.5 Å². The summed E-state index contributed by atoms with van der Waals surface area (Å²) in [5.41, 5.74) is 0. The molecule has 0 spiro atoms. The largest absolute Gasteiger partial charge is 0.352 e. The lowest BCUT2D eigenvalue weighted by molar-refractivity contribution is -0.123. The first-order valence-corrected chi connectivity index (χ1v) is 7.39. The number of carbonyl (C=O) groups is 1. The van der Waals surface area contributed by atoms with Gasteiger partial charge in [0, 0.05) is 19.1 Å². The summed E-state index contributed by atoms with van der Waals surface area (Å²) < 4.78 is 0. The molecular formula is C14H29N3O. The Morgan fingerprint density at radius 1 is 1.22 bits per heavy atom. The lowest BCUT2D eigenvalue weighted by Crippen LogP contribution is -2.47. The summed E-state index contributed by atoms with van der Waals surface area (Å²) in [6.45, 7) is 10.5. The van der Waals surface area contributed by atoms with Crippen molar-refractivity contribution in [3.05, 3.63) is 0 Å². The van der Waals surface area contributed by atoms with Crippen molar-refractivity contribution in [2.75, 3.05) is 26.2 Å². The van der Waals surface area contributed by atoms with Crippen LogP contribution in [0.5, 0.6) is 0 Å². The van der Waals surface area contributed by atoms with Crippen molar-refractivity contribution in [1.82, 2.24) is 15.5 Å². The van der Waals surface area contributed by atoms with Crippen molar-refractivity contribution in [3.8, 4) is 0 Å². The quantitative estimate of drug-likeness (QED) is 0.722. The number of hydrogen-bond donors (Lipinski definition) is 2. The molecule has 1 fully saturated rings. The van der Waals surface area contributed by atoms with Gasteiger partial charge in [0.15, 0.2) is 0 Å². The molecule has 0 aromatic rings. The van der Waals surface area contributed by atoms with E-state index in [1.54, 1.807) is 0 Å². The summed E-state index contributed by atoms with van der Waals surface area (Å²) in [6, 6.07) is 0.174. The third kappa shape index (κ3) is 5.83. The van der Waals surface area contributed by atoms with E-state index < -0.39 is 0 Å². The van der Waals surface area contributed by atoms with E-state index in [1.807, 2.05) is 13.8 Å². The van der Waals surface area contributed by atoms with Crippen LogP contribution in [0, 0.1) is 0 Å². The van der Waals surface area contributed by atoms with E-state index in [-0.39, 0.29) is 18.0 Å². The molecule has 0 bridgehead atoms. The Morgan fingerprint density at radius 3 is 2.50 bits per heavy atom. The first-order valence-electron chi connectivity index (χ1n) is 7.39. The van der Waals surface area contributed by atoms with E-state index in [9.17, 15) is 4.79 Å². The summed E-state index contributed by atoms with van der Waals surface area (Å²) in [5, 5.41) is 6.31. The molecule has 106 valence electrons. The van der Waals surface area contributed by atoms with Crippen molar-refractivity contribution in [2.24, 2.45) is 0 Å². The van der Waals surface area contributed by atoms with Crippen molar-refractivity contribution in [3.63, 3.8) is 0 Å². The second kappa shape index (κ2) is 8.48. The van der Waals surface area contributed by atoms with Crippen LogP contribution in [0.25, 0.3) is 0 Å². The molecule has 1 amide bonds. The fourth-order valence-electron chi connectivity index (χ4n) is 2.18. The lowest BCUT2D eigenvalue weighted by Gasteiger charge is -2.27. The van der Waals surface area contributed by atoms with Gasteiger partial charge in [-0.1, -0.05) is 13.3 Å². The number of likely N-dealkylation sites (tertiary alicyclic amines) is 1. The Hall–Kier alpha value is -0.610. The summed E-state index contributed by atoms with van der Waals surface area (Å²) in [4.78, 5) is 14.3. The minimum Gasteiger partial charge on any atom is -0.352 e. The fraction of sp³-hybridized carbons (Fsp3) is 0.929. The number of nitrogens with zero attached hydrogens (tertiary/aromatic N) is 1. The van der Waals surface area contributed by atoms with Gasteiger partial charge in [0.1, 0.15) is 0 Å². The summed E-state index contributed by atoms with van der Waals surface area (Å²) >= 11 is 0. The molecule has 1 rings (SSSR count). The highest BCUT2D eigenvalue weighted by Crippen LogP contribution is 2.07. The molecule has 0 aliphatic carbocycles. The summed E-state index contributed by atoms with van der Waals surface area (Å²) in [7, 11) is 0. The second-order valence-corrected chi connectivity index (χ2v) is 5.40. The van der Waals surface area contributed by atoms with E-state index in [1.165, 1.54) is 32.4 Å². The molecule has 18 heavy (non-hydrogen) atoms. The normalized spacial score (nSPS) is 20.4. The summed E-state index contributed by atoms with van der Waals surface area (Å²) in [6.07, 6.45) is 5.00. The minimum absolute atomic E-state index is 0.0937. The molecule has 4 nitrogen and oxygen atoms in total. The van der Waals surface area contributed by atoms with E-state index >= 15 is 0 Å². The molecule has 1 heterocycles. The zero-order valence-electron chi connectivity index (χ0n) is 12.2. The van der Waals surface area contributed by atoms with Gasteiger partial charge in [-0.15, -0.1) is 0 Å². The van der Waals surface area contributed by atoms with Crippen LogP contribution in [0.15, 0.2) is 0 Å². The van der Waals surface area contributed by atoms with Crippen LogP contribution in [0.2, 0.25) is 0 Å². The van der Waals surface area contributed by atoms with Crippen LogP contribution >= 0.6 is 0 Å². The number of hydrogen-bond acceptors (Lipinski definition) is 3. The average molecular weight is 255 g/mol. The number of piperidine rings is 1. The Labute approximate surface area is 111 Å². The van der Waals surface area contributed by atoms with Crippen molar-refractivity contribution >= 4 is 5.91 Å². The highest BCUT2D eigenvalue weighted by atomic mass is 16.2. The third-order valence-corrected chi connectivity index (χ3v) is 3.72. The second-order valence-electron chi connectivity index (χ2n) is 5.40. The van der Waals surface area contributed by atoms with Gasteiger partial charge in [0.25, 0.3) is 0 Å². The summed E-state index contributed by atoms with van der Waals surface area (Å²) in [5.74, 6) is 0.114. The van der Waals surface area contributed by atoms with Gasteiger partial charge in [-0.05, 0) is 46.2 Å². The van der Waals surface area contributed by atoms with Crippen LogP contribution in [0.3, 0.4) is 0 Å². The minimum atomic E-state index is -0.0937. The van der Waals surface area contributed by atoms with Gasteiger partial charge in [-0.2, -0.15) is 0 Å². The predicted molar refractivity (Wildman–Crippen MR) is 75.7 cm³/mol. The van der Waals surface area contributed by atoms with Gasteiger partial charge in [-0.3, -0.25) is 4.79 Å². The smallest absolute Gasteiger partial charge is 0.237 e. The van der Waals surface area contributed by atoms with E-state index in [0.29, 0.717) is 0 Å². The van der Waals surface area contributed by atoms with Crippen LogP contribution < -0.4 is 10.6 Å². The number of nitrogens with one attached hydrogen (secondary N) is 2. The maximum absolute atomic E-state index is 11.8. The van der Waals surface area contributed by atoms with Gasteiger partial charge in [-0.25, -0.2) is 0 Å². The van der Waals surface area contributed by atoms with E-state index in [2.05, 4.69) is 22.5 Å². The third-order valence-electron chi connectivity index (χ3n) is 3.72. The maximum Gasteiger partial charge on any atom is 0.237 e. The molecule has 0 saturated carbocycles. The molecule has 0 aromatic carbocycles. The number of rotatable bonds is 7. The molecule has 2 atom stereocenters. The van der Waals surface area contributed by atoms with Gasteiger partial charge < -0.3 is 15.5 Å². The molecule has 1 saturated heterocycles. The first kappa shape index (κ1) is 15.4. The van der Waals surface area contributed by atoms with Crippen molar-refractivity contribution in [2.45, 2.75) is 58.5 Å². The van der Waals surface area contributed by atoms with Crippen LogP contribution in [0.1, 0.15) is 46.5 Å². The molecule has 0 aromatic heterocycles. The monoisotopic (exact) mass is 255 g/mol. The van der Waals surface area contributed by atoms with Crippen LogP contribution in [-0.2, 0) is 4.79 Å². The van der Waals surface area contributed by atoms with Crippen molar-refractivity contribution < 1.29 is 4.79 Å². The van der Waals surface area contributed by atoms with Crippen LogP contribution in [-0.4, -0.2) is 49.1 Å². The number of amides is 1. The standard InChI is InChI=1S/C14H29N3O/c1-4-12(2)16-14(18)13(3)15-8-11-17-9-6-5-7-10-17/h12-13,15H,4-11H2,1-3H3,(H,16,18). The Kier molecular flexibility index (Phi) is 7.28. The van der Waals surface area contributed by atoms with E-state index in [4.69, 9.17) is 0 Å². The SMILES string of the molecule is CCC(C)NC(=O)C(C)NCCN1CCCCC1. The highest BCUT2D eigenvalue weighted by molar-refractivity contribution is 5.81. The predicted octanol–water partition coefficient (Wildman–Crippen LogP) is 1.37. The Morgan fingerprint density at radius 2 is 1.89 bits per heavy atom. The van der Waals surface area contributed by atoms with Crippen LogP contribution in [0.4, 0.5) is 0 Å². The number of carbonyl (C=O) groups excluding carboxylic acids is 1. The molecular weight excluding hydrogens is 226 g/mol. The zero-order valence-corrected chi connectivity index (χ0v) is 12.2. The zero-order chi connectivity index (χ0) is 13.4. The fourth-order valence-corrected chi connectivity index (χ4v) is 2.18. The molecule has 2 unspecified atom stereocenters. The average Bonchev–Trinajstić information content (AvgIpc) is 2.39. The topological polar surface area (TPSA) is 44.4 Å². The lowest BCUT2D eigenvalue weighted by atomic mass is 10.1. The molecule has 4 heteroatoms. The van der Waals surface area contributed by atoms with Gasteiger partial charge in [0.05, 0.1) is 6.04 Å². The molecule has 2 N–H and O–H groups in total. The van der Waals surface area contributed by atoms with Gasteiger partial charge in [0.2, 0.25) is 5.91 Å². The Balaban J connectivity index is 2.11. The highest BCUT2D eigenvalue weighted by Gasteiger charge is 2.14. The van der Waals surface area contributed by atoms with Crippen molar-refractivity contribution in [1.29, 1.82) is 0 Å². The first-order chi connectivity index (χ1) is 8.63. The molecule has 0 radical (unpaired) electrons. The van der Waals surface area contributed by atoms with Gasteiger partial charge >= 0.3 is 0 Å². The molecule has 1 aliphatic heterocycles. The molecule has 1 aliphatic rings.